The third-order valence-electron chi connectivity index (χ3n) is 2.83. The van der Waals surface area contributed by atoms with Gasteiger partial charge in [0.05, 0.1) is 0 Å². The van der Waals surface area contributed by atoms with Gasteiger partial charge in [0.25, 0.3) is 0 Å². The first-order valence-electron chi connectivity index (χ1n) is 5.06. The van der Waals surface area contributed by atoms with E-state index in [-0.39, 0.29) is 33.8 Å². The van der Waals surface area contributed by atoms with Crippen LogP contribution in [0.3, 0.4) is 0 Å². The van der Waals surface area contributed by atoms with Gasteiger partial charge in [0, 0.05) is 22.3 Å². The maximum atomic E-state index is 12.1. The molecule has 3 rings (SSSR count). The van der Waals surface area contributed by atoms with Crippen LogP contribution in [-0.4, -0.2) is 11.6 Å². The Balaban J connectivity index is 0.00000108. The fourth-order valence-electron chi connectivity index (χ4n) is 2.05. The molecule has 0 heterocycles. The maximum absolute atomic E-state index is 12.1. The Labute approximate surface area is 115 Å². The van der Waals surface area contributed by atoms with E-state index in [1.807, 2.05) is 0 Å². The Morgan fingerprint density at radius 2 is 0.684 bits per heavy atom. The van der Waals surface area contributed by atoms with Gasteiger partial charge < -0.3 is 0 Å². The number of hydrogen-bond acceptors (Lipinski definition) is 2. The Hall–Kier alpha value is -2.22. The molecule has 100 valence electrons. The summed E-state index contributed by atoms with van der Waals surface area (Å²) in [5, 5.41) is 0. The number of hydrogen-bond donors (Lipinski definition) is 0. The van der Waals surface area contributed by atoms with E-state index in [9.17, 15) is 9.59 Å². The van der Waals surface area contributed by atoms with Crippen LogP contribution in [0.15, 0.2) is 48.5 Å². The zero-order chi connectivity index (χ0) is 11.1. The molecule has 0 atom stereocenters. The molecule has 0 spiro atoms. The predicted molar refractivity (Wildman–Crippen MR) is 79.9 cm³/mol. The topological polar surface area (TPSA) is 34.1 Å². The highest BCUT2D eigenvalue weighted by molar-refractivity contribution is 6.28. The van der Waals surface area contributed by atoms with E-state index >= 15 is 0 Å². The van der Waals surface area contributed by atoms with Gasteiger partial charge in [-0.3, -0.25) is 9.59 Å². The third-order valence-corrected chi connectivity index (χ3v) is 2.83. The summed E-state index contributed by atoms with van der Waals surface area (Å²) in [6.07, 6.45) is 0. The molecule has 0 N–H and O–H groups in total. The van der Waals surface area contributed by atoms with Crippen LogP contribution in [0, 0.1) is 0 Å². The maximum Gasteiger partial charge on any atom is 0.194 e. The van der Waals surface area contributed by atoms with E-state index in [1.54, 1.807) is 48.5 Å². The van der Waals surface area contributed by atoms with Gasteiger partial charge in [0.15, 0.2) is 11.6 Å². The first kappa shape index (κ1) is 16.8. The van der Waals surface area contributed by atoms with E-state index < -0.39 is 0 Å². The van der Waals surface area contributed by atoms with Crippen molar-refractivity contribution in [1.82, 2.24) is 0 Å². The largest absolute Gasteiger partial charge is 0.289 e. The predicted octanol–water partition coefficient (Wildman–Crippen LogP) is 4.37. The fourth-order valence-corrected chi connectivity index (χ4v) is 2.05. The van der Waals surface area contributed by atoms with Crippen LogP contribution in [0.1, 0.15) is 54.1 Å². The summed E-state index contributed by atoms with van der Waals surface area (Å²) in [4.78, 5) is 24.2. The first-order chi connectivity index (χ1) is 7.79. The lowest BCUT2D eigenvalue weighted by Gasteiger charge is -2.16. The second-order valence-electron chi connectivity index (χ2n) is 3.75. The van der Waals surface area contributed by atoms with Crippen molar-refractivity contribution in [1.29, 1.82) is 0 Å². The highest BCUT2D eigenvalue weighted by Crippen LogP contribution is 2.26. The van der Waals surface area contributed by atoms with E-state index in [0.717, 1.165) is 0 Å². The molecule has 1 aliphatic rings. The molecule has 0 unspecified atom stereocenters. The zero-order valence-electron chi connectivity index (χ0n) is 8.44. The Morgan fingerprint density at radius 3 is 0.895 bits per heavy atom. The minimum absolute atomic E-state index is 0. The number of benzene rings is 2. The summed E-state index contributed by atoms with van der Waals surface area (Å²) in [5.74, 6) is -0.128. The lowest BCUT2D eigenvalue weighted by molar-refractivity contribution is 0.0979. The molecule has 2 aromatic rings. The standard InChI is InChI=1S/C14H8O2.3CH4/c15-13-9-5-1-2-6-10(9)14(16)12-8-4-3-7-11(12)13;;;/h1-8H;3*1H4. The van der Waals surface area contributed by atoms with Crippen molar-refractivity contribution < 1.29 is 9.59 Å². The SMILES string of the molecule is C.C.C.O=C1c2ccccc2C(=O)c2ccccc21. The molecule has 0 aliphatic heterocycles. The molecule has 0 amide bonds. The van der Waals surface area contributed by atoms with Crippen LogP contribution in [0.25, 0.3) is 0 Å². The van der Waals surface area contributed by atoms with E-state index in [2.05, 4.69) is 0 Å². The van der Waals surface area contributed by atoms with Crippen molar-refractivity contribution in [3.63, 3.8) is 0 Å². The quantitative estimate of drug-likeness (QED) is 0.598. The Bertz CT molecular complexity index is 507. The van der Waals surface area contributed by atoms with Crippen LogP contribution < -0.4 is 0 Å². The van der Waals surface area contributed by atoms with Crippen LogP contribution in [0.4, 0.5) is 0 Å². The summed E-state index contributed by atoms with van der Waals surface area (Å²) in [5.41, 5.74) is 2.02. The normalized spacial score (nSPS) is 11.2. The average Bonchev–Trinajstić information content (AvgIpc) is 2.36. The summed E-state index contributed by atoms with van der Waals surface area (Å²) in [7, 11) is 0. The average molecular weight is 256 g/mol. The molecule has 2 nitrogen and oxygen atoms in total. The van der Waals surface area contributed by atoms with Crippen molar-refractivity contribution in [2.24, 2.45) is 0 Å². The van der Waals surface area contributed by atoms with Crippen LogP contribution in [0.5, 0.6) is 0 Å². The smallest absolute Gasteiger partial charge is 0.194 e. The van der Waals surface area contributed by atoms with Crippen molar-refractivity contribution >= 4 is 11.6 Å². The first-order valence-corrected chi connectivity index (χ1v) is 5.06. The van der Waals surface area contributed by atoms with Crippen molar-refractivity contribution in [3.8, 4) is 0 Å². The highest BCUT2D eigenvalue weighted by Gasteiger charge is 2.28. The Morgan fingerprint density at radius 1 is 0.474 bits per heavy atom. The Kier molecular flexibility index (Phi) is 5.38. The minimum Gasteiger partial charge on any atom is -0.289 e. The minimum atomic E-state index is -0.0641. The monoisotopic (exact) mass is 256 g/mol. The fraction of sp³-hybridized carbons (Fsp3) is 0.176. The lowest BCUT2D eigenvalue weighted by Crippen LogP contribution is -2.20. The van der Waals surface area contributed by atoms with Gasteiger partial charge in [-0.2, -0.15) is 0 Å². The van der Waals surface area contributed by atoms with Gasteiger partial charge in [-0.05, 0) is 0 Å². The molecular weight excluding hydrogens is 236 g/mol. The molecule has 0 fully saturated rings. The molecule has 2 aromatic carbocycles. The molecule has 0 bridgehead atoms. The third kappa shape index (κ3) is 2.34. The van der Waals surface area contributed by atoms with Gasteiger partial charge in [-0.15, -0.1) is 0 Å². The summed E-state index contributed by atoms with van der Waals surface area (Å²) in [6.45, 7) is 0. The second kappa shape index (κ2) is 6.10. The van der Waals surface area contributed by atoms with Gasteiger partial charge in [0.2, 0.25) is 0 Å². The number of carbonyl (C=O) groups is 2. The molecule has 0 aromatic heterocycles. The van der Waals surface area contributed by atoms with Crippen molar-refractivity contribution in [3.05, 3.63) is 70.8 Å². The van der Waals surface area contributed by atoms with Gasteiger partial charge >= 0.3 is 0 Å². The van der Waals surface area contributed by atoms with Crippen LogP contribution in [0.2, 0.25) is 0 Å². The molecular formula is C17H20O2. The van der Waals surface area contributed by atoms with Crippen molar-refractivity contribution in [2.75, 3.05) is 0 Å². The number of ketones is 2. The molecule has 0 radical (unpaired) electrons. The van der Waals surface area contributed by atoms with Gasteiger partial charge in [0.1, 0.15) is 0 Å². The molecule has 0 saturated heterocycles. The molecule has 0 saturated carbocycles. The molecule has 1 aliphatic carbocycles. The van der Waals surface area contributed by atoms with E-state index in [1.165, 1.54) is 0 Å². The second-order valence-corrected chi connectivity index (χ2v) is 3.75. The van der Waals surface area contributed by atoms with Crippen LogP contribution in [-0.2, 0) is 0 Å². The summed E-state index contributed by atoms with van der Waals surface area (Å²) >= 11 is 0. The lowest BCUT2D eigenvalue weighted by atomic mass is 9.84. The summed E-state index contributed by atoms with van der Waals surface area (Å²) < 4.78 is 0. The zero-order valence-corrected chi connectivity index (χ0v) is 8.44. The van der Waals surface area contributed by atoms with E-state index in [0.29, 0.717) is 22.3 Å². The van der Waals surface area contributed by atoms with E-state index in [4.69, 9.17) is 0 Å². The molecule has 2 heteroatoms. The number of fused-ring (bicyclic) bond motifs is 2. The summed E-state index contributed by atoms with van der Waals surface area (Å²) in [6, 6.07) is 13.9. The van der Waals surface area contributed by atoms with Gasteiger partial charge in [-0.1, -0.05) is 70.8 Å². The number of rotatable bonds is 0. The highest BCUT2D eigenvalue weighted by atomic mass is 16.1. The van der Waals surface area contributed by atoms with Crippen molar-refractivity contribution in [2.45, 2.75) is 22.3 Å². The van der Waals surface area contributed by atoms with Crippen LogP contribution >= 0.6 is 0 Å². The molecule has 19 heavy (non-hydrogen) atoms. The number of carbonyl (C=O) groups excluding carboxylic acids is 2. The van der Waals surface area contributed by atoms with Gasteiger partial charge in [-0.25, -0.2) is 0 Å².